The normalized spacial score (nSPS) is 11.1. The number of amides is 1. The Kier molecular flexibility index (Phi) is 8.16. The molecule has 0 atom stereocenters. The fraction of sp³-hybridized carbons (Fsp3) is 0.381. The summed E-state index contributed by atoms with van der Waals surface area (Å²) in [5.41, 5.74) is -0.697. The molecule has 1 amide bonds. The number of halogens is 2. The van der Waals surface area contributed by atoms with Crippen molar-refractivity contribution >= 4 is 35.8 Å². The second-order valence-electron chi connectivity index (χ2n) is 7.47. The third-order valence-corrected chi connectivity index (χ3v) is 4.76. The summed E-state index contributed by atoms with van der Waals surface area (Å²) in [5, 5.41) is 0. The van der Waals surface area contributed by atoms with Crippen molar-refractivity contribution in [1.29, 1.82) is 0 Å². The number of aromatic nitrogens is 1. The molecule has 9 heteroatoms. The Hall–Kier alpha value is -2.68. The SMILES string of the molecule is CCCSNc1ccc(F)c(CN(C(=O)OC(C)(C)C)c2ccc(C=O)cn2)c1F. The fourth-order valence-electron chi connectivity index (χ4n) is 2.39. The molecule has 0 unspecified atom stereocenters. The van der Waals surface area contributed by atoms with E-state index in [2.05, 4.69) is 9.71 Å². The standard InChI is InChI=1S/C21H25F2N3O3S/c1-5-10-30-25-17-8-7-16(22)15(19(17)23)12-26(20(28)29-21(2,3)4)18-9-6-14(13-27)11-24-18/h6-9,11,13,25H,5,10,12H2,1-4H3. The van der Waals surface area contributed by atoms with Gasteiger partial charge in [0, 0.05) is 23.1 Å². The topological polar surface area (TPSA) is 71.5 Å². The maximum Gasteiger partial charge on any atom is 0.416 e. The molecule has 0 aliphatic heterocycles. The first-order valence-corrected chi connectivity index (χ1v) is 10.4. The van der Waals surface area contributed by atoms with Crippen LogP contribution in [0, 0.1) is 11.6 Å². The lowest BCUT2D eigenvalue weighted by Gasteiger charge is -2.27. The molecule has 0 saturated heterocycles. The van der Waals surface area contributed by atoms with Crippen LogP contribution in [0.25, 0.3) is 0 Å². The molecule has 2 aromatic rings. The molecule has 1 aromatic heterocycles. The molecule has 30 heavy (non-hydrogen) atoms. The molecule has 0 fully saturated rings. The van der Waals surface area contributed by atoms with Gasteiger partial charge in [0.25, 0.3) is 0 Å². The summed E-state index contributed by atoms with van der Waals surface area (Å²) >= 11 is 1.31. The molecular weight excluding hydrogens is 412 g/mol. The smallest absolute Gasteiger partial charge is 0.416 e. The minimum atomic E-state index is -0.824. The van der Waals surface area contributed by atoms with Gasteiger partial charge in [-0.15, -0.1) is 0 Å². The van der Waals surface area contributed by atoms with Crippen LogP contribution in [0.2, 0.25) is 0 Å². The highest BCUT2D eigenvalue weighted by atomic mass is 32.2. The van der Waals surface area contributed by atoms with Gasteiger partial charge in [-0.2, -0.15) is 0 Å². The third-order valence-electron chi connectivity index (χ3n) is 3.79. The summed E-state index contributed by atoms with van der Waals surface area (Å²) in [4.78, 5) is 28.7. The van der Waals surface area contributed by atoms with Crippen LogP contribution in [0.4, 0.5) is 25.1 Å². The van der Waals surface area contributed by atoms with E-state index in [1.54, 1.807) is 20.8 Å². The van der Waals surface area contributed by atoms with E-state index in [1.807, 2.05) is 6.92 Å². The number of hydrogen-bond donors (Lipinski definition) is 1. The van der Waals surface area contributed by atoms with E-state index in [0.717, 1.165) is 23.1 Å². The van der Waals surface area contributed by atoms with Gasteiger partial charge in [0.15, 0.2) is 12.1 Å². The molecule has 6 nitrogen and oxygen atoms in total. The first-order valence-electron chi connectivity index (χ1n) is 9.42. The van der Waals surface area contributed by atoms with Gasteiger partial charge in [0.05, 0.1) is 12.2 Å². The Morgan fingerprint density at radius 3 is 2.57 bits per heavy atom. The average Bonchev–Trinajstić information content (AvgIpc) is 2.68. The number of carbonyl (C=O) groups is 2. The Bertz CT molecular complexity index is 886. The number of aldehydes is 1. The lowest BCUT2D eigenvalue weighted by atomic mass is 10.1. The number of nitrogens with one attached hydrogen (secondary N) is 1. The maximum atomic E-state index is 15.0. The van der Waals surface area contributed by atoms with Crippen molar-refractivity contribution in [2.24, 2.45) is 0 Å². The van der Waals surface area contributed by atoms with Crippen molar-refractivity contribution in [3.8, 4) is 0 Å². The molecule has 0 radical (unpaired) electrons. The zero-order valence-corrected chi connectivity index (χ0v) is 18.2. The molecule has 1 aromatic carbocycles. The predicted molar refractivity (Wildman–Crippen MR) is 115 cm³/mol. The molecule has 0 aliphatic rings. The highest BCUT2D eigenvalue weighted by Gasteiger charge is 2.27. The van der Waals surface area contributed by atoms with Crippen LogP contribution in [0.3, 0.4) is 0 Å². The third kappa shape index (κ3) is 6.41. The van der Waals surface area contributed by atoms with E-state index < -0.39 is 29.9 Å². The lowest BCUT2D eigenvalue weighted by Crippen LogP contribution is -2.37. The van der Waals surface area contributed by atoms with Crippen LogP contribution >= 0.6 is 11.9 Å². The van der Waals surface area contributed by atoms with E-state index in [0.29, 0.717) is 11.8 Å². The van der Waals surface area contributed by atoms with E-state index in [1.165, 1.54) is 36.3 Å². The molecule has 162 valence electrons. The number of rotatable bonds is 8. The minimum absolute atomic E-state index is 0.104. The Balaban J connectivity index is 2.40. The first kappa shape index (κ1) is 23.6. The quantitative estimate of drug-likeness (QED) is 0.330. The number of anilines is 2. The molecular formula is C21H25F2N3O3S. The van der Waals surface area contributed by atoms with Crippen molar-refractivity contribution in [3.63, 3.8) is 0 Å². The van der Waals surface area contributed by atoms with Crippen LogP contribution < -0.4 is 9.62 Å². The zero-order valence-electron chi connectivity index (χ0n) is 17.4. The van der Waals surface area contributed by atoms with Crippen LogP contribution in [0.1, 0.15) is 50.0 Å². The summed E-state index contributed by atoms with van der Waals surface area (Å²) < 4.78 is 37.7. The molecule has 0 saturated carbocycles. The molecule has 0 bridgehead atoms. The number of ether oxygens (including phenoxy) is 1. The van der Waals surface area contributed by atoms with Gasteiger partial charge in [-0.3, -0.25) is 9.69 Å². The lowest BCUT2D eigenvalue weighted by molar-refractivity contribution is 0.0575. The number of hydrogen-bond acceptors (Lipinski definition) is 6. The van der Waals surface area contributed by atoms with Crippen LogP contribution in [0.15, 0.2) is 30.5 Å². The summed E-state index contributed by atoms with van der Waals surface area (Å²) in [7, 11) is 0. The molecule has 1 heterocycles. The van der Waals surface area contributed by atoms with Crippen molar-refractivity contribution in [2.45, 2.75) is 46.3 Å². The van der Waals surface area contributed by atoms with Gasteiger partial charge < -0.3 is 9.46 Å². The Labute approximate surface area is 179 Å². The van der Waals surface area contributed by atoms with Gasteiger partial charge in [-0.25, -0.2) is 18.6 Å². The van der Waals surface area contributed by atoms with Gasteiger partial charge in [-0.05, 0) is 51.5 Å². The summed E-state index contributed by atoms with van der Waals surface area (Å²) in [6.07, 6.45) is 1.96. The number of pyridine rings is 1. The van der Waals surface area contributed by atoms with Gasteiger partial charge in [-0.1, -0.05) is 18.9 Å². The van der Waals surface area contributed by atoms with E-state index in [4.69, 9.17) is 4.74 Å². The van der Waals surface area contributed by atoms with Crippen molar-refractivity contribution in [2.75, 3.05) is 15.4 Å². The monoisotopic (exact) mass is 437 g/mol. The van der Waals surface area contributed by atoms with E-state index in [9.17, 15) is 18.4 Å². The second-order valence-corrected chi connectivity index (χ2v) is 8.37. The van der Waals surface area contributed by atoms with Gasteiger partial charge in [0.2, 0.25) is 0 Å². The summed E-state index contributed by atoms with van der Waals surface area (Å²) in [6.45, 7) is 6.60. The fourth-order valence-corrected chi connectivity index (χ4v) is 3.01. The average molecular weight is 438 g/mol. The van der Waals surface area contributed by atoms with Crippen LogP contribution in [-0.4, -0.2) is 28.7 Å². The Morgan fingerprint density at radius 1 is 1.27 bits per heavy atom. The highest BCUT2D eigenvalue weighted by Crippen LogP contribution is 2.27. The maximum absolute atomic E-state index is 15.0. The molecule has 0 aliphatic carbocycles. The molecule has 0 spiro atoms. The van der Waals surface area contributed by atoms with Gasteiger partial charge >= 0.3 is 6.09 Å². The predicted octanol–water partition coefficient (Wildman–Crippen LogP) is 5.58. The summed E-state index contributed by atoms with van der Waals surface area (Å²) in [5.74, 6) is -0.732. The summed E-state index contributed by atoms with van der Waals surface area (Å²) in [6, 6.07) is 5.33. The molecule has 1 N–H and O–H groups in total. The van der Waals surface area contributed by atoms with Crippen molar-refractivity contribution < 1.29 is 23.1 Å². The van der Waals surface area contributed by atoms with Gasteiger partial charge in [0.1, 0.15) is 17.2 Å². The second kappa shape index (κ2) is 10.4. The van der Waals surface area contributed by atoms with Crippen molar-refractivity contribution in [1.82, 2.24) is 4.98 Å². The minimum Gasteiger partial charge on any atom is -0.443 e. The highest BCUT2D eigenvalue weighted by molar-refractivity contribution is 8.00. The van der Waals surface area contributed by atoms with E-state index >= 15 is 0 Å². The number of benzene rings is 1. The largest absolute Gasteiger partial charge is 0.443 e. The zero-order chi connectivity index (χ0) is 22.3. The first-order chi connectivity index (χ1) is 14.2. The Morgan fingerprint density at radius 2 is 2.00 bits per heavy atom. The molecule has 2 rings (SSSR count). The number of carbonyl (C=O) groups excluding carboxylic acids is 2. The van der Waals surface area contributed by atoms with Crippen molar-refractivity contribution in [3.05, 3.63) is 53.2 Å². The van der Waals surface area contributed by atoms with Crippen LogP contribution in [-0.2, 0) is 11.3 Å². The van der Waals surface area contributed by atoms with E-state index in [-0.39, 0.29) is 17.1 Å². The number of nitrogens with zero attached hydrogens (tertiary/aromatic N) is 2. The van der Waals surface area contributed by atoms with Crippen LogP contribution in [0.5, 0.6) is 0 Å².